The van der Waals surface area contributed by atoms with E-state index in [1.165, 1.54) is 28.4 Å². The highest BCUT2D eigenvalue weighted by atomic mass is 32.1. The molecule has 2 aliphatic heterocycles. The van der Waals surface area contributed by atoms with Crippen LogP contribution in [0.2, 0.25) is 0 Å². The van der Waals surface area contributed by atoms with Gasteiger partial charge < -0.3 is 10.2 Å². The van der Waals surface area contributed by atoms with Gasteiger partial charge in [-0.2, -0.15) is 0 Å². The van der Waals surface area contributed by atoms with Crippen LogP contribution in [0.1, 0.15) is 39.5 Å². The van der Waals surface area contributed by atoms with Gasteiger partial charge in [0.05, 0.1) is 11.6 Å². The smallest absolute Gasteiger partial charge is 0.325 e. The molecule has 8 nitrogen and oxygen atoms in total. The summed E-state index contributed by atoms with van der Waals surface area (Å²) in [6.45, 7) is 2.79. The molecule has 2 fully saturated rings. The number of rotatable bonds is 5. The Hall–Kier alpha value is -3.66. The minimum atomic E-state index is -1.28. The zero-order valence-corrected chi connectivity index (χ0v) is 19.9. The van der Waals surface area contributed by atoms with Crippen LogP contribution in [0.3, 0.4) is 0 Å². The zero-order chi connectivity index (χ0) is 24.6. The van der Waals surface area contributed by atoms with Gasteiger partial charge in [-0.05, 0) is 49.4 Å². The number of pyridine rings is 1. The number of carbonyl (C=O) groups excluding carboxylic acids is 3. The molecule has 0 saturated carbocycles. The molecule has 0 radical (unpaired) electrons. The number of hydrogen-bond acceptors (Lipinski definition) is 6. The molecule has 1 atom stereocenters. The fourth-order valence-electron chi connectivity index (χ4n) is 4.95. The van der Waals surface area contributed by atoms with Gasteiger partial charge >= 0.3 is 6.03 Å². The highest BCUT2D eigenvalue weighted by Gasteiger charge is 2.57. The summed E-state index contributed by atoms with van der Waals surface area (Å²) in [4.78, 5) is 51.3. The van der Waals surface area contributed by atoms with Crippen LogP contribution in [0.15, 0.2) is 54.2 Å². The average Bonchev–Trinajstić information content (AvgIpc) is 3.42. The molecule has 2 saturated heterocycles. The van der Waals surface area contributed by atoms with Crippen LogP contribution in [-0.2, 0) is 16.9 Å². The Morgan fingerprint density at radius 2 is 1.94 bits per heavy atom. The Kier molecular flexibility index (Phi) is 6.06. The molecule has 4 amide bonds. The average molecular weight is 494 g/mol. The predicted molar refractivity (Wildman–Crippen MR) is 127 cm³/mol. The van der Waals surface area contributed by atoms with Gasteiger partial charge in [0.25, 0.3) is 11.8 Å². The molecule has 35 heavy (non-hydrogen) atoms. The van der Waals surface area contributed by atoms with Crippen molar-refractivity contribution in [3.05, 3.63) is 81.8 Å². The summed E-state index contributed by atoms with van der Waals surface area (Å²) < 4.78 is 13.3. The molecule has 0 spiro atoms. The number of aryl methyl sites for hydroxylation is 1. The second-order valence-electron chi connectivity index (χ2n) is 8.82. The molecule has 0 unspecified atom stereocenters. The number of carbonyl (C=O) groups is 3. The molecule has 4 heterocycles. The lowest BCUT2D eigenvalue weighted by Gasteiger charge is -2.40. The molecular weight excluding hydrogens is 469 g/mol. The van der Waals surface area contributed by atoms with Gasteiger partial charge in [0, 0.05) is 36.4 Å². The number of nitrogens with one attached hydrogen (secondary N) is 1. The van der Waals surface area contributed by atoms with Crippen molar-refractivity contribution in [2.75, 3.05) is 13.1 Å². The van der Waals surface area contributed by atoms with Crippen LogP contribution in [0.25, 0.3) is 0 Å². The lowest BCUT2D eigenvalue weighted by atomic mass is 9.73. The quantitative estimate of drug-likeness (QED) is 0.549. The Labute approximate surface area is 205 Å². The maximum absolute atomic E-state index is 13.9. The highest BCUT2D eigenvalue weighted by Crippen LogP contribution is 2.41. The van der Waals surface area contributed by atoms with Crippen molar-refractivity contribution >= 4 is 29.2 Å². The van der Waals surface area contributed by atoms with E-state index in [4.69, 9.17) is 0 Å². The van der Waals surface area contributed by atoms with E-state index >= 15 is 0 Å². The van der Waals surface area contributed by atoms with Crippen molar-refractivity contribution < 1.29 is 18.8 Å². The number of urea groups is 1. The monoisotopic (exact) mass is 493 g/mol. The topological polar surface area (TPSA) is 95.5 Å². The van der Waals surface area contributed by atoms with Crippen molar-refractivity contribution in [2.24, 2.45) is 5.92 Å². The minimum absolute atomic E-state index is 0.0352. The first kappa shape index (κ1) is 23.1. The number of aromatic nitrogens is 2. The van der Waals surface area contributed by atoms with E-state index in [1.54, 1.807) is 46.9 Å². The second kappa shape index (κ2) is 9.18. The number of likely N-dealkylation sites (tertiary alicyclic amines) is 1. The number of nitrogens with zero attached hydrogens (tertiary/aromatic N) is 4. The van der Waals surface area contributed by atoms with Gasteiger partial charge in [0.1, 0.15) is 11.5 Å². The number of benzene rings is 1. The van der Waals surface area contributed by atoms with Crippen molar-refractivity contribution in [1.82, 2.24) is 25.1 Å². The minimum Gasteiger partial charge on any atom is -0.337 e. The van der Waals surface area contributed by atoms with Crippen molar-refractivity contribution in [3.8, 4) is 0 Å². The molecule has 0 bridgehead atoms. The first-order chi connectivity index (χ1) is 16.9. The first-order valence-electron chi connectivity index (χ1n) is 11.4. The fraction of sp³-hybridized carbons (Fsp3) is 0.320. The first-order valence-corrected chi connectivity index (χ1v) is 12.3. The van der Waals surface area contributed by atoms with E-state index in [2.05, 4.69) is 15.3 Å². The van der Waals surface area contributed by atoms with Gasteiger partial charge in [-0.3, -0.25) is 19.5 Å². The number of imide groups is 1. The Morgan fingerprint density at radius 1 is 1.20 bits per heavy atom. The third-order valence-electron chi connectivity index (χ3n) is 6.74. The molecule has 5 rings (SSSR count). The van der Waals surface area contributed by atoms with Gasteiger partial charge in [-0.25, -0.2) is 14.2 Å². The van der Waals surface area contributed by atoms with Gasteiger partial charge in [-0.1, -0.05) is 18.2 Å². The van der Waals surface area contributed by atoms with Crippen LogP contribution >= 0.6 is 11.3 Å². The number of piperidine rings is 1. The molecule has 2 aliphatic rings. The van der Waals surface area contributed by atoms with Crippen LogP contribution in [0.5, 0.6) is 0 Å². The summed E-state index contributed by atoms with van der Waals surface area (Å²) in [6.07, 6.45) is 4.28. The van der Waals surface area contributed by atoms with Gasteiger partial charge in [0.15, 0.2) is 5.54 Å². The summed E-state index contributed by atoms with van der Waals surface area (Å²) in [5.41, 5.74) is 0.414. The predicted octanol–water partition coefficient (Wildman–Crippen LogP) is 3.49. The van der Waals surface area contributed by atoms with E-state index in [9.17, 15) is 18.8 Å². The summed E-state index contributed by atoms with van der Waals surface area (Å²) in [5.74, 6) is -1.10. The molecule has 2 aromatic heterocycles. The highest BCUT2D eigenvalue weighted by molar-refractivity contribution is 7.09. The Balaban J connectivity index is 1.40. The summed E-state index contributed by atoms with van der Waals surface area (Å²) in [5, 5.41) is 5.56. The van der Waals surface area contributed by atoms with Gasteiger partial charge in [-0.15, -0.1) is 11.3 Å². The van der Waals surface area contributed by atoms with Gasteiger partial charge in [0.2, 0.25) is 0 Å². The second-order valence-corrected chi connectivity index (χ2v) is 9.88. The van der Waals surface area contributed by atoms with E-state index in [1.807, 2.05) is 6.92 Å². The van der Waals surface area contributed by atoms with Crippen LogP contribution < -0.4 is 5.32 Å². The normalized spacial score (nSPS) is 20.9. The summed E-state index contributed by atoms with van der Waals surface area (Å²) in [7, 11) is 0. The molecule has 1 N–H and O–H groups in total. The standard InChI is InChI=1S/C25H24FN5O3S/c1-16-28-21(15-35-16)22(32)30-11-8-18(9-12-30)25(19-3-2-10-27-13-19)23(33)31(24(34)29-25)14-17-4-6-20(26)7-5-17/h2-7,10,13,15,18H,8-9,11-12,14H2,1H3,(H,29,34)/t25-/m1/s1. The molecule has 0 aliphatic carbocycles. The summed E-state index contributed by atoms with van der Waals surface area (Å²) >= 11 is 1.43. The molecular formula is C25H24FN5O3S. The number of halogens is 1. The van der Waals surface area contributed by atoms with Crippen LogP contribution in [-0.4, -0.2) is 50.7 Å². The lowest BCUT2D eigenvalue weighted by Crippen LogP contribution is -2.54. The lowest BCUT2D eigenvalue weighted by molar-refractivity contribution is -0.134. The van der Waals surface area contributed by atoms with Crippen LogP contribution in [0, 0.1) is 18.7 Å². The maximum atomic E-state index is 13.9. The Morgan fingerprint density at radius 3 is 2.57 bits per heavy atom. The number of thiazole rings is 1. The number of amides is 4. The van der Waals surface area contributed by atoms with E-state index < -0.39 is 11.6 Å². The molecule has 1 aromatic carbocycles. The van der Waals surface area contributed by atoms with Crippen molar-refractivity contribution in [2.45, 2.75) is 31.8 Å². The molecule has 3 aromatic rings. The molecule has 10 heteroatoms. The fourth-order valence-corrected chi connectivity index (χ4v) is 5.54. The molecule has 180 valence electrons. The van der Waals surface area contributed by atoms with E-state index in [0.717, 1.165) is 5.01 Å². The summed E-state index contributed by atoms with van der Waals surface area (Å²) in [6, 6.07) is 8.76. The maximum Gasteiger partial charge on any atom is 0.325 e. The zero-order valence-electron chi connectivity index (χ0n) is 19.1. The van der Waals surface area contributed by atoms with E-state index in [0.29, 0.717) is 42.8 Å². The largest absolute Gasteiger partial charge is 0.337 e. The third-order valence-corrected chi connectivity index (χ3v) is 7.51. The van der Waals surface area contributed by atoms with Crippen LogP contribution in [0.4, 0.5) is 9.18 Å². The number of hydrogen-bond donors (Lipinski definition) is 1. The third kappa shape index (κ3) is 4.18. The Bertz CT molecular complexity index is 1260. The van der Waals surface area contributed by atoms with E-state index in [-0.39, 0.29) is 30.1 Å². The SMILES string of the molecule is Cc1nc(C(=O)N2CCC([C@]3(c4cccnc4)NC(=O)N(Cc4ccc(F)cc4)C3=O)CC2)cs1. The van der Waals surface area contributed by atoms with Crippen molar-refractivity contribution in [3.63, 3.8) is 0 Å². The van der Waals surface area contributed by atoms with Crippen molar-refractivity contribution in [1.29, 1.82) is 0 Å².